The predicted molar refractivity (Wildman–Crippen MR) is 76.6 cm³/mol. The van der Waals surface area contributed by atoms with E-state index in [0.717, 1.165) is 22.7 Å². The molecule has 3 N–H and O–H groups in total. The summed E-state index contributed by atoms with van der Waals surface area (Å²) in [7, 11) is 0. The van der Waals surface area contributed by atoms with Gasteiger partial charge in [-0.15, -0.1) is 0 Å². The molecule has 2 aromatic rings. The molecule has 0 unspecified atom stereocenters. The van der Waals surface area contributed by atoms with E-state index >= 15 is 0 Å². The van der Waals surface area contributed by atoms with Gasteiger partial charge >= 0.3 is 0 Å². The highest BCUT2D eigenvalue weighted by atomic mass is 16.6. The summed E-state index contributed by atoms with van der Waals surface area (Å²) in [4.78, 5) is 8.49. The quantitative estimate of drug-likeness (QED) is 0.872. The summed E-state index contributed by atoms with van der Waals surface area (Å²) in [6.45, 7) is 4.84. The van der Waals surface area contributed by atoms with E-state index < -0.39 is 0 Å². The average Bonchev–Trinajstić information content (AvgIpc) is 2.44. The van der Waals surface area contributed by atoms with Crippen LogP contribution in [-0.4, -0.2) is 23.2 Å². The molecule has 104 valence electrons. The van der Waals surface area contributed by atoms with Crippen molar-refractivity contribution in [3.63, 3.8) is 0 Å². The van der Waals surface area contributed by atoms with E-state index in [4.69, 9.17) is 15.2 Å². The normalized spacial score (nSPS) is 13.1. The Kier molecular flexibility index (Phi) is 3.06. The number of hydrogen-bond acceptors (Lipinski definition) is 6. The summed E-state index contributed by atoms with van der Waals surface area (Å²) in [6, 6.07) is 5.69. The molecule has 6 nitrogen and oxygen atoms in total. The van der Waals surface area contributed by atoms with Gasteiger partial charge in [0.1, 0.15) is 30.7 Å². The van der Waals surface area contributed by atoms with Gasteiger partial charge in [0.05, 0.1) is 0 Å². The third-order valence-corrected chi connectivity index (χ3v) is 3.10. The molecule has 1 aromatic heterocycles. The van der Waals surface area contributed by atoms with Crippen molar-refractivity contribution in [1.82, 2.24) is 9.97 Å². The molecule has 0 saturated heterocycles. The molecule has 2 heterocycles. The van der Waals surface area contributed by atoms with Crippen LogP contribution in [0.2, 0.25) is 0 Å². The van der Waals surface area contributed by atoms with Crippen molar-refractivity contribution in [3.8, 4) is 11.5 Å². The number of benzene rings is 1. The molecule has 1 aromatic carbocycles. The second-order valence-corrected chi connectivity index (χ2v) is 4.61. The van der Waals surface area contributed by atoms with Crippen LogP contribution in [0.15, 0.2) is 18.2 Å². The number of nitrogen functional groups attached to an aromatic ring is 1. The van der Waals surface area contributed by atoms with Gasteiger partial charge in [-0.2, -0.15) is 0 Å². The van der Waals surface area contributed by atoms with Crippen LogP contribution in [-0.2, 0) is 0 Å². The first-order valence-corrected chi connectivity index (χ1v) is 6.41. The number of anilines is 3. The second kappa shape index (κ2) is 4.88. The van der Waals surface area contributed by atoms with Crippen LogP contribution < -0.4 is 20.5 Å². The van der Waals surface area contributed by atoms with E-state index in [2.05, 4.69) is 15.3 Å². The van der Waals surface area contributed by atoms with Crippen molar-refractivity contribution in [1.29, 1.82) is 0 Å². The molecule has 0 bridgehead atoms. The molecule has 0 radical (unpaired) electrons. The number of hydrogen-bond donors (Lipinski definition) is 2. The molecule has 0 amide bonds. The zero-order valence-corrected chi connectivity index (χ0v) is 11.4. The highest BCUT2D eigenvalue weighted by Gasteiger charge is 2.13. The average molecular weight is 272 g/mol. The lowest BCUT2D eigenvalue weighted by Crippen LogP contribution is -2.15. The smallest absolute Gasteiger partial charge is 0.163 e. The molecule has 3 rings (SSSR count). The Bertz CT molecular complexity index is 658. The third-order valence-electron chi connectivity index (χ3n) is 3.10. The van der Waals surface area contributed by atoms with Crippen LogP contribution in [0.5, 0.6) is 11.5 Å². The molecule has 0 spiro atoms. The van der Waals surface area contributed by atoms with Gasteiger partial charge in [0, 0.05) is 17.3 Å². The van der Waals surface area contributed by atoms with Crippen molar-refractivity contribution >= 4 is 17.3 Å². The summed E-state index contributed by atoms with van der Waals surface area (Å²) in [5.41, 5.74) is 7.54. The third kappa shape index (κ3) is 2.32. The van der Waals surface area contributed by atoms with Crippen molar-refractivity contribution in [2.75, 3.05) is 24.3 Å². The standard InChI is InChI=1S/C14H16N4O2/c1-8-13(15)16-9(2)17-14(8)18-10-3-4-11-12(7-10)20-6-5-19-11/h3-4,7H,5-6H2,1-2H3,(H3,15,16,17,18). The number of fused-ring (bicyclic) bond motifs is 1. The minimum atomic E-state index is 0.484. The topological polar surface area (TPSA) is 82.3 Å². The Morgan fingerprint density at radius 3 is 2.65 bits per heavy atom. The number of nitrogens with two attached hydrogens (primary N) is 1. The summed E-state index contributed by atoms with van der Waals surface area (Å²) in [6.07, 6.45) is 0. The summed E-state index contributed by atoms with van der Waals surface area (Å²) in [5.74, 6) is 3.31. The van der Waals surface area contributed by atoms with Crippen molar-refractivity contribution in [2.24, 2.45) is 0 Å². The van der Waals surface area contributed by atoms with Gasteiger partial charge in [-0.25, -0.2) is 9.97 Å². The Balaban J connectivity index is 1.91. The van der Waals surface area contributed by atoms with E-state index in [1.807, 2.05) is 32.0 Å². The van der Waals surface area contributed by atoms with E-state index in [1.165, 1.54) is 0 Å². The zero-order valence-electron chi connectivity index (χ0n) is 11.4. The minimum absolute atomic E-state index is 0.484. The number of aryl methyl sites for hydroxylation is 1. The lowest BCUT2D eigenvalue weighted by Gasteiger charge is -2.19. The van der Waals surface area contributed by atoms with Gasteiger partial charge in [0.2, 0.25) is 0 Å². The van der Waals surface area contributed by atoms with E-state index in [9.17, 15) is 0 Å². The molecule has 0 aliphatic carbocycles. The minimum Gasteiger partial charge on any atom is -0.486 e. The molecule has 0 fully saturated rings. The maximum Gasteiger partial charge on any atom is 0.163 e. The largest absolute Gasteiger partial charge is 0.486 e. The fourth-order valence-corrected chi connectivity index (χ4v) is 2.03. The zero-order chi connectivity index (χ0) is 14.1. The Morgan fingerprint density at radius 2 is 1.85 bits per heavy atom. The lowest BCUT2D eigenvalue weighted by atomic mass is 10.2. The number of rotatable bonds is 2. The SMILES string of the molecule is Cc1nc(N)c(C)c(Nc2ccc3c(c2)OCCO3)n1. The summed E-state index contributed by atoms with van der Waals surface area (Å²) >= 11 is 0. The van der Waals surface area contributed by atoms with Crippen molar-refractivity contribution in [3.05, 3.63) is 29.6 Å². The number of nitrogens with zero attached hydrogens (tertiary/aromatic N) is 2. The highest BCUT2D eigenvalue weighted by molar-refractivity contribution is 5.66. The van der Waals surface area contributed by atoms with Crippen LogP contribution in [0.1, 0.15) is 11.4 Å². The molecule has 0 atom stereocenters. The van der Waals surface area contributed by atoms with Crippen LogP contribution in [0, 0.1) is 13.8 Å². The molecular formula is C14H16N4O2. The lowest BCUT2D eigenvalue weighted by molar-refractivity contribution is 0.171. The summed E-state index contributed by atoms with van der Waals surface area (Å²) in [5, 5.41) is 3.24. The van der Waals surface area contributed by atoms with Crippen LogP contribution in [0.3, 0.4) is 0 Å². The Labute approximate surface area is 116 Å². The van der Waals surface area contributed by atoms with Crippen LogP contribution in [0.25, 0.3) is 0 Å². The molecule has 1 aliphatic rings. The molecule has 6 heteroatoms. The van der Waals surface area contributed by atoms with E-state index in [0.29, 0.717) is 30.7 Å². The van der Waals surface area contributed by atoms with E-state index in [-0.39, 0.29) is 0 Å². The molecule has 1 aliphatic heterocycles. The van der Waals surface area contributed by atoms with Crippen molar-refractivity contribution in [2.45, 2.75) is 13.8 Å². The first-order chi connectivity index (χ1) is 9.63. The van der Waals surface area contributed by atoms with Gasteiger partial charge in [-0.05, 0) is 26.0 Å². The monoisotopic (exact) mass is 272 g/mol. The number of aromatic nitrogens is 2. The molecule has 20 heavy (non-hydrogen) atoms. The number of nitrogens with one attached hydrogen (secondary N) is 1. The highest BCUT2D eigenvalue weighted by Crippen LogP contribution is 2.34. The Morgan fingerprint density at radius 1 is 1.10 bits per heavy atom. The first-order valence-electron chi connectivity index (χ1n) is 6.41. The van der Waals surface area contributed by atoms with Gasteiger partial charge in [0.15, 0.2) is 11.5 Å². The van der Waals surface area contributed by atoms with Crippen LogP contribution >= 0.6 is 0 Å². The van der Waals surface area contributed by atoms with Crippen LogP contribution in [0.4, 0.5) is 17.3 Å². The van der Waals surface area contributed by atoms with Gasteiger partial charge in [0.25, 0.3) is 0 Å². The van der Waals surface area contributed by atoms with Crippen molar-refractivity contribution < 1.29 is 9.47 Å². The maximum atomic E-state index is 5.85. The van der Waals surface area contributed by atoms with Gasteiger partial charge in [-0.3, -0.25) is 0 Å². The second-order valence-electron chi connectivity index (χ2n) is 4.61. The number of ether oxygens (including phenoxy) is 2. The fourth-order valence-electron chi connectivity index (χ4n) is 2.03. The fraction of sp³-hybridized carbons (Fsp3) is 0.286. The van der Waals surface area contributed by atoms with Gasteiger partial charge in [-0.1, -0.05) is 0 Å². The molecule has 0 saturated carbocycles. The summed E-state index contributed by atoms with van der Waals surface area (Å²) < 4.78 is 11.0. The maximum absolute atomic E-state index is 5.85. The Hall–Kier alpha value is -2.50. The predicted octanol–water partition coefficient (Wildman–Crippen LogP) is 2.19. The molecular weight excluding hydrogens is 256 g/mol. The van der Waals surface area contributed by atoms with Gasteiger partial charge < -0.3 is 20.5 Å². The first kappa shape index (κ1) is 12.5. The van der Waals surface area contributed by atoms with E-state index in [1.54, 1.807) is 0 Å².